The maximum absolute atomic E-state index is 13.4. The van der Waals surface area contributed by atoms with Gasteiger partial charge in [-0.3, -0.25) is 4.79 Å². The van der Waals surface area contributed by atoms with E-state index in [1.807, 2.05) is 61.5 Å². The van der Waals surface area contributed by atoms with Gasteiger partial charge in [-0.2, -0.15) is 0 Å². The molecule has 1 aliphatic heterocycles. The first kappa shape index (κ1) is 23.8. The molecular formula is C29H33NO4. The molecule has 4 rings (SSSR count). The molecule has 0 saturated heterocycles. The zero-order chi connectivity index (χ0) is 24.3. The van der Waals surface area contributed by atoms with E-state index in [-0.39, 0.29) is 17.8 Å². The number of ether oxygens (including phenoxy) is 2. The van der Waals surface area contributed by atoms with Crippen LogP contribution < -0.4 is 10.1 Å². The predicted molar refractivity (Wildman–Crippen MR) is 132 cm³/mol. The second-order valence-electron chi connectivity index (χ2n) is 9.91. The highest BCUT2D eigenvalue weighted by molar-refractivity contribution is 6.04. The Morgan fingerprint density at radius 2 is 1.76 bits per heavy atom. The van der Waals surface area contributed by atoms with Crippen molar-refractivity contribution in [2.45, 2.75) is 59.5 Å². The fourth-order valence-corrected chi connectivity index (χ4v) is 4.82. The topological polar surface area (TPSA) is 64.6 Å². The maximum atomic E-state index is 13.4. The molecule has 0 saturated carbocycles. The number of nitrogens with one attached hydrogen (secondary N) is 1. The van der Waals surface area contributed by atoms with E-state index in [4.69, 9.17) is 9.47 Å². The predicted octanol–water partition coefficient (Wildman–Crippen LogP) is 5.82. The molecule has 2 aromatic carbocycles. The Morgan fingerprint density at radius 1 is 1.06 bits per heavy atom. The van der Waals surface area contributed by atoms with Crippen molar-refractivity contribution < 1.29 is 19.1 Å². The number of allylic oxidation sites excluding steroid dienone is 3. The molecule has 1 aliphatic carbocycles. The average molecular weight is 460 g/mol. The Balaban J connectivity index is 1.70. The number of Topliss-reactive ketones (excluding diaryl/α,β-unsaturated/α-hetero) is 1. The van der Waals surface area contributed by atoms with Gasteiger partial charge in [0, 0.05) is 29.3 Å². The van der Waals surface area contributed by atoms with E-state index in [0.717, 1.165) is 41.1 Å². The highest BCUT2D eigenvalue weighted by Gasteiger charge is 2.43. The van der Waals surface area contributed by atoms with Gasteiger partial charge in [-0.1, -0.05) is 63.2 Å². The van der Waals surface area contributed by atoms with E-state index in [2.05, 4.69) is 26.1 Å². The third kappa shape index (κ3) is 5.09. The molecule has 0 spiro atoms. The van der Waals surface area contributed by atoms with Gasteiger partial charge in [0.2, 0.25) is 0 Å². The van der Waals surface area contributed by atoms with Crippen molar-refractivity contribution in [3.05, 3.63) is 88.3 Å². The van der Waals surface area contributed by atoms with Crippen molar-refractivity contribution in [3.8, 4) is 5.75 Å². The smallest absolute Gasteiger partial charge is 0.337 e. The third-order valence-corrected chi connectivity index (χ3v) is 6.36. The van der Waals surface area contributed by atoms with Gasteiger partial charge in [0.1, 0.15) is 12.4 Å². The van der Waals surface area contributed by atoms with Crippen molar-refractivity contribution in [2.75, 3.05) is 6.61 Å². The maximum Gasteiger partial charge on any atom is 0.337 e. The molecule has 178 valence electrons. The number of carbonyl (C=O) groups is 2. The van der Waals surface area contributed by atoms with Gasteiger partial charge in [-0.05, 0) is 48.4 Å². The summed E-state index contributed by atoms with van der Waals surface area (Å²) in [6.07, 6.45) is 2.13. The zero-order valence-electron chi connectivity index (χ0n) is 20.4. The number of dihydropyridines is 1. The first-order valence-corrected chi connectivity index (χ1v) is 12.0. The lowest BCUT2D eigenvalue weighted by molar-refractivity contribution is -0.140. The Morgan fingerprint density at radius 3 is 2.44 bits per heavy atom. The second kappa shape index (κ2) is 9.88. The number of esters is 1. The van der Waals surface area contributed by atoms with E-state index >= 15 is 0 Å². The average Bonchev–Trinajstić information content (AvgIpc) is 2.80. The van der Waals surface area contributed by atoms with E-state index in [9.17, 15) is 9.59 Å². The quantitative estimate of drug-likeness (QED) is 0.528. The summed E-state index contributed by atoms with van der Waals surface area (Å²) in [5.41, 5.74) is 4.49. The van der Waals surface area contributed by atoms with Crippen LogP contribution in [0.1, 0.15) is 64.0 Å². The summed E-state index contributed by atoms with van der Waals surface area (Å²) >= 11 is 0. The molecule has 1 unspecified atom stereocenters. The highest BCUT2D eigenvalue weighted by atomic mass is 16.5. The summed E-state index contributed by atoms with van der Waals surface area (Å²) in [6.45, 7) is 8.99. The Bertz CT molecular complexity index is 1130. The van der Waals surface area contributed by atoms with Gasteiger partial charge >= 0.3 is 5.97 Å². The SMILES string of the molecule is CCCOc1ccc(C2C(C(=O)OCc3ccccc3)=C(C)NC3=C2C(=O)CC(C)(C)C3)cc1. The first-order chi connectivity index (χ1) is 16.3. The monoisotopic (exact) mass is 459 g/mol. The molecule has 1 heterocycles. The number of hydrogen-bond donors (Lipinski definition) is 1. The minimum Gasteiger partial charge on any atom is -0.494 e. The zero-order valence-corrected chi connectivity index (χ0v) is 20.4. The molecule has 0 bridgehead atoms. The standard InChI is InChI=1S/C29H33NO4/c1-5-15-33-22-13-11-21(12-14-22)26-25(28(32)34-18-20-9-7-6-8-10-20)19(2)30-23-16-29(3,4)17-24(31)27(23)26/h6-14,26,30H,5,15-18H2,1-4H3. The van der Waals surface area contributed by atoms with Crippen molar-refractivity contribution in [3.63, 3.8) is 0 Å². The van der Waals surface area contributed by atoms with Gasteiger partial charge in [0.05, 0.1) is 12.2 Å². The summed E-state index contributed by atoms with van der Waals surface area (Å²) in [5, 5.41) is 3.39. The van der Waals surface area contributed by atoms with Crippen LogP contribution in [-0.2, 0) is 20.9 Å². The number of hydrogen-bond acceptors (Lipinski definition) is 5. The van der Waals surface area contributed by atoms with Crippen LogP contribution in [-0.4, -0.2) is 18.4 Å². The fraction of sp³-hybridized carbons (Fsp3) is 0.379. The molecule has 2 aliphatic rings. The van der Waals surface area contributed by atoms with E-state index in [1.165, 1.54) is 0 Å². The lowest BCUT2D eigenvalue weighted by atomic mass is 9.68. The number of benzene rings is 2. The molecule has 5 heteroatoms. The summed E-state index contributed by atoms with van der Waals surface area (Å²) in [4.78, 5) is 26.8. The van der Waals surface area contributed by atoms with Crippen LogP contribution in [0.2, 0.25) is 0 Å². The number of carbonyl (C=O) groups excluding carboxylic acids is 2. The minimum atomic E-state index is -0.469. The van der Waals surface area contributed by atoms with Crippen LogP contribution in [0.3, 0.4) is 0 Å². The largest absolute Gasteiger partial charge is 0.494 e. The molecule has 0 fully saturated rings. The van der Waals surface area contributed by atoms with Gasteiger partial charge in [0.15, 0.2) is 5.78 Å². The lowest BCUT2D eigenvalue weighted by Gasteiger charge is -2.39. The van der Waals surface area contributed by atoms with Crippen LogP contribution in [0.4, 0.5) is 0 Å². The van der Waals surface area contributed by atoms with E-state index in [0.29, 0.717) is 24.2 Å². The third-order valence-electron chi connectivity index (χ3n) is 6.36. The molecule has 0 amide bonds. The molecule has 1 N–H and O–H groups in total. The van der Waals surface area contributed by atoms with Crippen molar-refractivity contribution in [1.82, 2.24) is 5.32 Å². The Labute approximate surface area is 201 Å². The molecule has 2 aromatic rings. The van der Waals surface area contributed by atoms with Gasteiger partial charge < -0.3 is 14.8 Å². The van der Waals surface area contributed by atoms with Crippen LogP contribution in [0.5, 0.6) is 5.75 Å². The van der Waals surface area contributed by atoms with Crippen LogP contribution in [0.15, 0.2) is 77.1 Å². The van der Waals surface area contributed by atoms with Crippen molar-refractivity contribution in [2.24, 2.45) is 5.41 Å². The molecule has 34 heavy (non-hydrogen) atoms. The van der Waals surface area contributed by atoms with Gasteiger partial charge in [-0.15, -0.1) is 0 Å². The Hall–Kier alpha value is -3.34. The summed E-state index contributed by atoms with van der Waals surface area (Å²) in [7, 11) is 0. The van der Waals surface area contributed by atoms with Gasteiger partial charge in [0.25, 0.3) is 0 Å². The number of ketones is 1. The number of rotatable bonds is 7. The second-order valence-corrected chi connectivity index (χ2v) is 9.91. The van der Waals surface area contributed by atoms with Crippen molar-refractivity contribution in [1.29, 1.82) is 0 Å². The van der Waals surface area contributed by atoms with Crippen molar-refractivity contribution >= 4 is 11.8 Å². The van der Waals surface area contributed by atoms with Crippen LogP contribution in [0, 0.1) is 5.41 Å². The van der Waals surface area contributed by atoms with Crippen LogP contribution >= 0.6 is 0 Å². The molecule has 0 radical (unpaired) electrons. The fourth-order valence-electron chi connectivity index (χ4n) is 4.82. The van der Waals surface area contributed by atoms with Gasteiger partial charge in [-0.25, -0.2) is 4.79 Å². The lowest BCUT2D eigenvalue weighted by Crippen LogP contribution is -2.38. The summed E-state index contributed by atoms with van der Waals surface area (Å²) in [5.74, 6) is -0.0210. The molecule has 0 aromatic heterocycles. The first-order valence-electron chi connectivity index (χ1n) is 12.0. The van der Waals surface area contributed by atoms with E-state index in [1.54, 1.807) is 0 Å². The molecule has 5 nitrogen and oxygen atoms in total. The summed E-state index contributed by atoms with van der Waals surface area (Å²) in [6, 6.07) is 17.3. The van der Waals surface area contributed by atoms with E-state index < -0.39 is 11.9 Å². The summed E-state index contributed by atoms with van der Waals surface area (Å²) < 4.78 is 11.5. The Kier molecular flexibility index (Phi) is 6.92. The molecule has 1 atom stereocenters. The highest BCUT2D eigenvalue weighted by Crippen LogP contribution is 2.47. The van der Waals surface area contributed by atoms with Crippen LogP contribution in [0.25, 0.3) is 0 Å². The molecular weight excluding hydrogens is 426 g/mol. The normalized spacial score (nSPS) is 19.4. The minimum absolute atomic E-state index is 0.0796.